The number of hydrogen-bond donors (Lipinski definition) is 1. The third kappa shape index (κ3) is 3.61. The molecular formula is C19H20N4O3S. The molecule has 0 atom stereocenters. The van der Waals surface area contributed by atoms with Crippen molar-refractivity contribution in [2.45, 2.75) is 20.8 Å². The number of ketones is 1. The van der Waals surface area contributed by atoms with Gasteiger partial charge in [-0.25, -0.2) is 4.98 Å². The zero-order valence-corrected chi connectivity index (χ0v) is 16.6. The Morgan fingerprint density at radius 3 is 2.59 bits per heavy atom. The molecule has 0 aliphatic carbocycles. The van der Waals surface area contributed by atoms with Crippen molar-refractivity contribution < 1.29 is 14.3 Å². The maximum Gasteiger partial charge on any atom is 0.298 e. The van der Waals surface area contributed by atoms with Crippen LogP contribution < -0.4 is 10.1 Å². The number of methoxy groups -OCH3 is 1. The zero-order chi connectivity index (χ0) is 19.7. The number of benzene rings is 1. The molecule has 1 N–H and O–H groups in total. The Balaban J connectivity index is 1.83. The number of hydrogen-bond acceptors (Lipinski definition) is 6. The van der Waals surface area contributed by atoms with Crippen LogP contribution in [0.4, 0.5) is 5.13 Å². The molecular weight excluding hydrogens is 364 g/mol. The third-order valence-corrected chi connectivity index (χ3v) is 5.06. The molecule has 1 amide bonds. The topological polar surface area (TPSA) is 86.1 Å². The van der Waals surface area contributed by atoms with Gasteiger partial charge in [-0.1, -0.05) is 11.6 Å². The molecule has 1 aromatic carbocycles. The fourth-order valence-electron chi connectivity index (χ4n) is 2.85. The number of amides is 1. The molecule has 8 heteroatoms. The minimum absolute atomic E-state index is 0.326. The van der Waals surface area contributed by atoms with Crippen molar-refractivity contribution >= 4 is 28.2 Å². The van der Waals surface area contributed by atoms with Gasteiger partial charge in [0.05, 0.1) is 24.1 Å². The summed E-state index contributed by atoms with van der Waals surface area (Å²) in [6.45, 7) is 5.44. The number of anilines is 1. The smallest absolute Gasteiger partial charge is 0.298 e. The lowest BCUT2D eigenvalue weighted by molar-refractivity contribution is -0.112. The van der Waals surface area contributed by atoms with Gasteiger partial charge in [-0.3, -0.25) is 19.6 Å². The molecule has 0 fully saturated rings. The van der Waals surface area contributed by atoms with Crippen LogP contribution in [-0.2, 0) is 11.8 Å². The fraction of sp³-hybridized carbons (Fsp3) is 0.263. The van der Waals surface area contributed by atoms with Crippen LogP contribution in [0, 0.1) is 20.8 Å². The van der Waals surface area contributed by atoms with Crippen molar-refractivity contribution in [2.24, 2.45) is 7.05 Å². The number of carbonyl (C=O) groups is 2. The van der Waals surface area contributed by atoms with Crippen LogP contribution >= 0.6 is 11.3 Å². The molecule has 27 heavy (non-hydrogen) atoms. The van der Waals surface area contributed by atoms with Crippen LogP contribution in [0.15, 0.2) is 23.6 Å². The Morgan fingerprint density at radius 2 is 1.96 bits per heavy atom. The van der Waals surface area contributed by atoms with Crippen molar-refractivity contribution in [2.75, 3.05) is 12.4 Å². The van der Waals surface area contributed by atoms with Crippen LogP contribution in [-0.4, -0.2) is 33.6 Å². The number of thiazole rings is 1. The van der Waals surface area contributed by atoms with Gasteiger partial charge in [0.15, 0.2) is 5.13 Å². The van der Waals surface area contributed by atoms with Gasteiger partial charge in [-0.15, -0.1) is 11.3 Å². The lowest BCUT2D eigenvalue weighted by Gasteiger charge is -2.07. The first-order valence-corrected chi connectivity index (χ1v) is 9.16. The minimum Gasteiger partial charge on any atom is -0.496 e. The molecule has 0 aliphatic heterocycles. The first-order chi connectivity index (χ1) is 12.8. The first-order valence-electron chi connectivity index (χ1n) is 8.28. The Labute approximate surface area is 161 Å². The molecule has 3 rings (SSSR count). The normalized spacial score (nSPS) is 10.7. The molecule has 0 unspecified atom stereocenters. The maximum atomic E-state index is 12.5. The summed E-state index contributed by atoms with van der Waals surface area (Å²) < 4.78 is 6.97. The number of nitrogens with zero attached hydrogens (tertiary/aromatic N) is 3. The summed E-state index contributed by atoms with van der Waals surface area (Å²) in [4.78, 5) is 29.3. The Kier molecular flexibility index (Phi) is 5.09. The number of nitrogens with one attached hydrogen (secondary N) is 1. The van der Waals surface area contributed by atoms with E-state index in [9.17, 15) is 9.59 Å². The molecule has 0 saturated carbocycles. The van der Waals surface area contributed by atoms with Crippen LogP contribution in [0.5, 0.6) is 5.75 Å². The molecule has 2 aromatic heterocycles. The quantitative estimate of drug-likeness (QED) is 0.539. The fourth-order valence-corrected chi connectivity index (χ4v) is 3.55. The molecule has 0 saturated heterocycles. The largest absolute Gasteiger partial charge is 0.496 e. The Bertz CT molecular complexity index is 1040. The van der Waals surface area contributed by atoms with Crippen LogP contribution in [0.1, 0.15) is 27.3 Å². The first kappa shape index (κ1) is 18.8. The molecule has 0 radical (unpaired) electrons. The van der Waals surface area contributed by atoms with Crippen molar-refractivity contribution in [3.05, 3.63) is 46.1 Å². The molecule has 3 aromatic rings. The number of rotatable bonds is 5. The SMILES string of the molecule is COc1ccc(C)cc1-c1csc(NC(=O)C(=O)c2c(C)nn(C)c2C)n1. The minimum atomic E-state index is -0.730. The number of ether oxygens (including phenoxy) is 1. The molecule has 0 aliphatic rings. The molecule has 0 spiro atoms. The van der Waals surface area contributed by atoms with Gasteiger partial charge in [0, 0.05) is 23.7 Å². The van der Waals surface area contributed by atoms with E-state index in [1.54, 1.807) is 32.7 Å². The second-order valence-corrected chi connectivity index (χ2v) is 7.05. The lowest BCUT2D eigenvalue weighted by Crippen LogP contribution is -2.23. The summed E-state index contributed by atoms with van der Waals surface area (Å²) in [5, 5.41) is 8.94. The van der Waals surface area contributed by atoms with Crippen molar-refractivity contribution in [3.8, 4) is 17.0 Å². The van der Waals surface area contributed by atoms with Crippen molar-refractivity contribution in [1.82, 2.24) is 14.8 Å². The van der Waals surface area contributed by atoms with E-state index in [2.05, 4.69) is 15.4 Å². The predicted octanol–water partition coefficient (Wildman–Crippen LogP) is 3.30. The van der Waals surface area contributed by atoms with E-state index in [0.717, 1.165) is 11.1 Å². The zero-order valence-electron chi connectivity index (χ0n) is 15.8. The molecule has 140 valence electrons. The van der Waals surface area contributed by atoms with E-state index in [4.69, 9.17) is 4.74 Å². The van der Waals surface area contributed by atoms with Gasteiger partial charge in [0.1, 0.15) is 5.75 Å². The van der Waals surface area contributed by atoms with E-state index in [1.807, 2.05) is 30.5 Å². The second-order valence-electron chi connectivity index (χ2n) is 6.19. The van der Waals surface area contributed by atoms with Gasteiger partial charge in [-0.2, -0.15) is 5.10 Å². The van der Waals surface area contributed by atoms with Gasteiger partial charge < -0.3 is 4.74 Å². The standard InChI is InChI=1S/C19H20N4O3S/c1-10-6-7-15(26-5)13(8-10)14-9-27-19(20-14)21-18(25)17(24)16-11(2)22-23(4)12(16)3/h6-9H,1-5H3,(H,20,21,25). The highest BCUT2D eigenvalue weighted by molar-refractivity contribution is 7.14. The monoisotopic (exact) mass is 384 g/mol. The highest BCUT2D eigenvalue weighted by atomic mass is 32.1. The average Bonchev–Trinajstić information content (AvgIpc) is 3.19. The second kappa shape index (κ2) is 7.32. The maximum absolute atomic E-state index is 12.5. The van der Waals surface area contributed by atoms with E-state index >= 15 is 0 Å². The third-order valence-electron chi connectivity index (χ3n) is 4.30. The van der Waals surface area contributed by atoms with Crippen LogP contribution in [0.2, 0.25) is 0 Å². The Morgan fingerprint density at radius 1 is 1.22 bits per heavy atom. The summed E-state index contributed by atoms with van der Waals surface area (Å²) in [6, 6.07) is 5.79. The predicted molar refractivity (Wildman–Crippen MR) is 104 cm³/mol. The van der Waals surface area contributed by atoms with Crippen molar-refractivity contribution in [3.63, 3.8) is 0 Å². The Hall–Kier alpha value is -3.00. The average molecular weight is 384 g/mol. The summed E-state index contributed by atoms with van der Waals surface area (Å²) in [6.07, 6.45) is 0. The summed E-state index contributed by atoms with van der Waals surface area (Å²) in [5.41, 5.74) is 4.09. The van der Waals surface area contributed by atoms with E-state index in [0.29, 0.717) is 33.5 Å². The highest BCUT2D eigenvalue weighted by Crippen LogP contribution is 2.33. The molecule has 2 heterocycles. The van der Waals surface area contributed by atoms with Crippen LogP contribution in [0.3, 0.4) is 0 Å². The molecule has 0 bridgehead atoms. The van der Waals surface area contributed by atoms with E-state index in [-0.39, 0.29) is 0 Å². The lowest BCUT2D eigenvalue weighted by atomic mass is 10.1. The summed E-state index contributed by atoms with van der Waals surface area (Å²) >= 11 is 1.25. The summed E-state index contributed by atoms with van der Waals surface area (Å²) in [5.74, 6) is -0.657. The number of carbonyl (C=O) groups excluding carboxylic acids is 2. The van der Waals surface area contributed by atoms with Crippen LogP contribution in [0.25, 0.3) is 11.3 Å². The highest BCUT2D eigenvalue weighted by Gasteiger charge is 2.24. The number of aromatic nitrogens is 3. The van der Waals surface area contributed by atoms with Crippen molar-refractivity contribution in [1.29, 1.82) is 0 Å². The van der Waals surface area contributed by atoms with Gasteiger partial charge in [0.2, 0.25) is 0 Å². The van der Waals surface area contributed by atoms with Gasteiger partial charge >= 0.3 is 0 Å². The van der Waals surface area contributed by atoms with E-state index in [1.165, 1.54) is 11.3 Å². The molecule has 7 nitrogen and oxygen atoms in total. The van der Waals surface area contributed by atoms with E-state index < -0.39 is 11.7 Å². The van der Waals surface area contributed by atoms with Gasteiger partial charge in [0.25, 0.3) is 11.7 Å². The number of aryl methyl sites for hydroxylation is 3. The summed E-state index contributed by atoms with van der Waals surface area (Å²) in [7, 11) is 3.33. The van der Waals surface area contributed by atoms with Gasteiger partial charge in [-0.05, 0) is 32.9 Å². The number of Topliss-reactive ketones (excluding diaryl/α,β-unsaturated/α-hetero) is 1.